The molecular formula is C20H20N6O. The fraction of sp³-hybridized carbons (Fsp3) is 0.150. The molecule has 7 nitrogen and oxygen atoms in total. The lowest BCUT2D eigenvalue weighted by molar-refractivity contribution is 0.431. The molecule has 1 aliphatic heterocycles. The van der Waals surface area contributed by atoms with Crippen molar-refractivity contribution in [2.24, 2.45) is 23.0 Å². The Morgan fingerprint density at radius 2 is 2.04 bits per heavy atom. The van der Waals surface area contributed by atoms with Crippen LogP contribution in [0.2, 0.25) is 0 Å². The molecule has 0 spiro atoms. The van der Waals surface area contributed by atoms with E-state index in [1.54, 1.807) is 17.8 Å². The third kappa shape index (κ3) is 3.32. The smallest absolute Gasteiger partial charge is 0.220 e. The van der Waals surface area contributed by atoms with Gasteiger partial charge in [0.05, 0.1) is 17.6 Å². The fourth-order valence-corrected chi connectivity index (χ4v) is 3.03. The second-order valence-corrected chi connectivity index (χ2v) is 6.35. The highest BCUT2D eigenvalue weighted by Crippen LogP contribution is 2.24. The first-order valence-corrected chi connectivity index (χ1v) is 8.66. The lowest BCUT2D eigenvalue weighted by Crippen LogP contribution is -2.22. The van der Waals surface area contributed by atoms with E-state index in [-0.39, 0.29) is 11.9 Å². The van der Waals surface area contributed by atoms with Crippen molar-refractivity contribution < 1.29 is 5.11 Å². The van der Waals surface area contributed by atoms with E-state index in [9.17, 15) is 5.11 Å². The summed E-state index contributed by atoms with van der Waals surface area (Å²) >= 11 is 0. The average Bonchev–Trinajstić information content (AvgIpc) is 3.27. The zero-order valence-electron chi connectivity index (χ0n) is 14.9. The molecule has 4 rings (SSSR count). The van der Waals surface area contributed by atoms with Gasteiger partial charge in [-0.25, -0.2) is 4.98 Å². The van der Waals surface area contributed by atoms with Crippen molar-refractivity contribution in [2.75, 3.05) is 11.9 Å². The molecule has 2 aromatic carbocycles. The first-order chi connectivity index (χ1) is 13.2. The summed E-state index contributed by atoms with van der Waals surface area (Å²) in [5.74, 6) is 0.635. The number of anilines is 1. The highest BCUT2D eigenvalue weighted by atomic mass is 16.3. The Balaban J connectivity index is 1.66. The number of nitrogens with one attached hydrogen (secondary N) is 1. The van der Waals surface area contributed by atoms with Crippen molar-refractivity contribution in [2.45, 2.75) is 6.04 Å². The lowest BCUT2D eigenvalue weighted by atomic mass is 10.1. The van der Waals surface area contributed by atoms with Crippen LogP contribution < -0.4 is 21.6 Å². The van der Waals surface area contributed by atoms with Gasteiger partial charge in [-0.05, 0) is 29.0 Å². The summed E-state index contributed by atoms with van der Waals surface area (Å²) in [5, 5.41) is 23.5. The zero-order chi connectivity index (χ0) is 18.8. The van der Waals surface area contributed by atoms with Crippen LogP contribution in [0.4, 0.5) is 5.95 Å². The van der Waals surface area contributed by atoms with Crippen LogP contribution in [-0.2, 0) is 7.05 Å². The van der Waals surface area contributed by atoms with Crippen LogP contribution in [0, 0.1) is 0 Å². The molecule has 136 valence electrons. The van der Waals surface area contributed by atoms with E-state index in [1.165, 1.54) is 0 Å². The van der Waals surface area contributed by atoms with Gasteiger partial charge in [-0.15, -0.1) is 0 Å². The van der Waals surface area contributed by atoms with Gasteiger partial charge in [-0.2, -0.15) is 10.2 Å². The van der Waals surface area contributed by atoms with Gasteiger partial charge in [0, 0.05) is 19.2 Å². The summed E-state index contributed by atoms with van der Waals surface area (Å²) in [5.41, 5.74) is 8.43. The topological polar surface area (TPSA) is 101 Å². The molecule has 4 N–H and O–H groups in total. The molecule has 1 atom stereocenters. The molecular weight excluding hydrogens is 340 g/mol. The quantitative estimate of drug-likeness (QED) is 0.633. The van der Waals surface area contributed by atoms with Crippen LogP contribution in [-0.4, -0.2) is 27.4 Å². The molecule has 27 heavy (non-hydrogen) atoms. The van der Waals surface area contributed by atoms with E-state index in [1.807, 2.05) is 54.6 Å². The molecule has 0 bridgehead atoms. The van der Waals surface area contributed by atoms with Gasteiger partial charge in [-0.3, -0.25) is 4.57 Å². The Morgan fingerprint density at radius 3 is 2.81 bits per heavy atom. The molecule has 0 saturated heterocycles. The number of nitrogens with zero attached hydrogens (tertiary/aromatic N) is 4. The van der Waals surface area contributed by atoms with Crippen LogP contribution in [0.1, 0.15) is 22.9 Å². The van der Waals surface area contributed by atoms with E-state index in [0.717, 1.165) is 21.7 Å². The molecule has 1 aliphatic rings. The van der Waals surface area contributed by atoms with Crippen molar-refractivity contribution in [1.82, 2.24) is 9.55 Å². The Morgan fingerprint density at radius 1 is 1.22 bits per heavy atom. The minimum absolute atomic E-state index is 0.0835. The van der Waals surface area contributed by atoms with Crippen molar-refractivity contribution in [3.63, 3.8) is 0 Å². The second kappa shape index (κ2) is 7.05. The van der Waals surface area contributed by atoms with Crippen LogP contribution in [0.25, 0.3) is 6.08 Å². The molecule has 3 aromatic rings. The highest BCUT2D eigenvalue weighted by molar-refractivity contribution is 5.80. The Hall–Kier alpha value is -3.45. The highest BCUT2D eigenvalue weighted by Gasteiger charge is 2.16. The lowest BCUT2D eigenvalue weighted by Gasteiger charge is -2.17. The number of aromatic hydroxyl groups is 1. The predicted molar refractivity (Wildman–Crippen MR) is 105 cm³/mol. The average molecular weight is 360 g/mol. The van der Waals surface area contributed by atoms with Gasteiger partial charge in [0.15, 0.2) is 0 Å². The molecule has 1 aromatic heterocycles. The second-order valence-electron chi connectivity index (χ2n) is 6.35. The van der Waals surface area contributed by atoms with Gasteiger partial charge in [0.1, 0.15) is 5.69 Å². The van der Waals surface area contributed by atoms with Crippen LogP contribution in [0.3, 0.4) is 0 Å². The number of aromatic nitrogens is 2. The number of hydrogen-bond acceptors (Lipinski definition) is 6. The van der Waals surface area contributed by atoms with Gasteiger partial charge in [-0.1, -0.05) is 36.4 Å². The Labute approximate surface area is 156 Å². The Kier molecular flexibility index (Phi) is 4.43. The van der Waals surface area contributed by atoms with E-state index in [2.05, 4.69) is 20.5 Å². The summed E-state index contributed by atoms with van der Waals surface area (Å²) in [7, 11) is 1.76. The minimum Gasteiger partial charge on any atom is -0.493 e. The number of imidazole rings is 1. The number of rotatable bonds is 5. The third-order valence-corrected chi connectivity index (χ3v) is 4.55. The molecule has 0 radical (unpaired) electrons. The van der Waals surface area contributed by atoms with Crippen LogP contribution >= 0.6 is 0 Å². The van der Waals surface area contributed by atoms with Crippen LogP contribution in [0.15, 0.2) is 58.7 Å². The standard InChI is InChI=1S/C20H20N6O/c1-26-19(27)17(10-13-7-8-16-15(9-13)12-22-25-16)23-20(26)24-18(11-21)14-5-3-2-4-6-14/h2-10,12,18,27H,11,21H2,1H3,(H,23,24). The fourth-order valence-electron chi connectivity index (χ4n) is 3.03. The number of nitrogens with two attached hydrogens (primary N) is 1. The third-order valence-electron chi connectivity index (χ3n) is 4.55. The summed E-state index contributed by atoms with van der Waals surface area (Å²) in [6.07, 6.45) is 3.54. The van der Waals surface area contributed by atoms with Gasteiger partial charge >= 0.3 is 0 Å². The summed E-state index contributed by atoms with van der Waals surface area (Å²) in [6.45, 7) is 0.407. The predicted octanol–water partition coefficient (Wildman–Crippen LogP) is 1.03. The van der Waals surface area contributed by atoms with E-state index < -0.39 is 0 Å². The first-order valence-electron chi connectivity index (χ1n) is 8.66. The number of benzene rings is 2. The van der Waals surface area contributed by atoms with Crippen molar-refractivity contribution in [1.29, 1.82) is 0 Å². The maximum Gasteiger partial charge on any atom is 0.220 e. The SMILES string of the molecule is Cn1c(NC(CN)c2ccccc2)nc(C=c2ccc3c(c2)C=NN=3)c1O. The molecule has 0 fully saturated rings. The molecule has 7 heteroatoms. The molecule has 0 aliphatic carbocycles. The maximum absolute atomic E-state index is 10.5. The van der Waals surface area contributed by atoms with E-state index in [0.29, 0.717) is 18.2 Å². The van der Waals surface area contributed by atoms with Crippen molar-refractivity contribution in [3.05, 3.63) is 75.9 Å². The van der Waals surface area contributed by atoms with Crippen molar-refractivity contribution in [3.8, 4) is 5.88 Å². The van der Waals surface area contributed by atoms with Gasteiger partial charge < -0.3 is 16.2 Å². The first kappa shape index (κ1) is 17.0. The number of hydrogen-bond donors (Lipinski definition) is 3. The van der Waals surface area contributed by atoms with Crippen LogP contribution in [0.5, 0.6) is 5.88 Å². The summed E-state index contributed by atoms with van der Waals surface area (Å²) in [4.78, 5) is 4.55. The van der Waals surface area contributed by atoms with Gasteiger partial charge in [0.2, 0.25) is 11.8 Å². The Bertz CT molecular complexity index is 1120. The molecule has 0 saturated carbocycles. The molecule has 0 amide bonds. The van der Waals surface area contributed by atoms with Crippen molar-refractivity contribution >= 4 is 18.2 Å². The normalized spacial score (nSPS) is 14.1. The zero-order valence-corrected chi connectivity index (χ0v) is 14.9. The summed E-state index contributed by atoms with van der Waals surface area (Å²) in [6, 6.07) is 15.6. The van der Waals surface area contributed by atoms with E-state index >= 15 is 0 Å². The van der Waals surface area contributed by atoms with Gasteiger partial charge in [0.25, 0.3) is 0 Å². The van der Waals surface area contributed by atoms with E-state index in [4.69, 9.17) is 5.73 Å². The molecule has 1 unspecified atom stereocenters. The molecule has 2 heterocycles. The minimum atomic E-state index is -0.0997. The monoisotopic (exact) mass is 360 g/mol. The largest absolute Gasteiger partial charge is 0.493 e. The maximum atomic E-state index is 10.5. The summed E-state index contributed by atoms with van der Waals surface area (Å²) < 4.78 is 1.61. The number of fused-ring (bicyclic) bond motifs is 1.